The SMILES string of the molecule is COC1(C(F)(F)F)CCN(Cc2noc3ccccc23)C1. The van der Waals surface area contributed by atoms with Crippen LogP contribution in [-0.2, 0) is 11.3 Å². The molecule has 1 fully saturated rings. The molecule has 7 heteroatoms. The predicted octanol–water partition coefficient (Wildman–Crippen LogP) is 2.98. The zero-order chi connectivity index (χ0) is 15.1. The molecule has 1 atom stereocenters. The molecule has 0 bridgehead atoms. The maximum atomic E-state index is 13.1. The molecule has 0 N–H and O–H groups in total. The molecule has 1 aromatic heterocycles. The lowest BCUT2D eigenvalue weighted by molar-refractivity contribution is -0.264. The van der Waals surface area contributed by atoms with Gasteiger partial charge in [0.15, 0.2) is 11.2 Å². The van der Waals surface area contributed by atoms with Gasteiger partial charge in [0, 0.05) is 32.1 Å². The minimum atomic E-state index is -4.37. The quantitative estimate of drug-likeness (QED) is 0.873. The van der Waals surface area contributed by atoms with E-state index in [-0.39, 0.29) is 13.0 Å². The zero-order valence-electron chi connectivity index (χ0n) is 11.5. The van der Waals surface area contributed by atoms with Gasteiger partial charge in [0.05, 0.1) is 0 Å². The minimum absolute atomic E-state index is 0.0667. The number of hydrogen-bond donors (Lipinski definition) is 0. The first kappa shape index (κ1) is 14.3. The Morgan fingerprint density at radius 3 is 2.81 bits per heavy atom. The van der Waals surface area contributed by atoms with E-state index >= 15 is 0 Å². The standard InChI is InChI=1S/C14H15F3N2O2/c1-20-13(14(15,16)17)6-7-19(9-13)8-11-10-4-2-3-5-12(10)21-18-11/h2-5H,6-9H2,1H3. The number of nitrogens with zero attached hydrogens (tertiary/aromatic N) is 2. The molecule has 0 saturated carbocycles. The smallest absolute Gasteiger partial charge is 0.367 e. The molecule has 114 valence electrons. The fourth-order valence-electron chi connectivity index (χ4n) is 2.77. The van der Waals surface area contributed by atoms with Crippen molar-refractivity contribution in [1.29, 1.82) is 0 Å². The van der Waals surface area contributed by atoms with Crippen molar-refractivity contribution in [2.45, 2.75) is 24.7 Å². The summed E-state index contributed by atoms with van der Waals surface area (Å²) in [5.74, 6) is 0. The number of rotatable bonds is 3. The van der Waals surface area contributed by atoms with Gasteiger partial charge in [-0.2, -0.15) is 13.2 Å². The summed E-state index contributed by atoms with van der Waals surface area (Å²) in [6.07, 6.45) is -4.44. The van der Waals surface area contributed by atoms with Gasteiger partial charge in [0.1, 0.15) is 5.69 Å². The van der Waals surface area contributed by atoms with Crippen LogP contribution in [0.5, 0.6) is 0 Å². The summed E-state index contributed by atoms with van der Waals surface area (Å²) in [7, 11) is 1.11. The van der Waals surface area contributed by atoms with Crippen molar-refractivity contribution in [3.05, 3.63) is 30.0 Å². The second kappa shape index (κ2) is 4.99. The summed E-state index contributed by atoms with van der Waals surface area (Å²) in [4.78, 5) is 1.70. The molecule has 2 aromatic rings. The van der Waals surface area contributed by atoms with Gasteiger partial charge in [-0.05, 0) is 18.6 Å². The number of fused-ring (bicyclic) bond motifs is 1. The molecule has 0 amide bonds. The third-order valence-electron chi connectivity index (χ3n) is 4.04. The lowest BCUT2D eigenvalue weighted by atomic mass is 10.0. The van der Waals surface area contributed by atoms with Crippen molar-refractivity contribution in [1.82, 2.24) is 10.1 Å². The maximum absolute atomic E-state index is 13.1. The molecular weight excluding hydrogens is 285 g/mol. The molecule has 1 aliphatic heterocycles. The first-order valence-electron chi connectivity index (χ1n) is 6.63. The van der Waals surface area contributed by atoms with Crippen LogP contribution in [-0.4, -0.2) is 42.0 Å². The van der Waals surface area contributed by atoms with Crippen molar-refractivity contribution in [2.24, 2.45) is 0 Å². The predicted molar refractivity (Wildman–Crippen MR) is 69.7 cm³/mol. The fourth-order valence-corrected chi connectivity index (χ4v) is 2.77. The molecule has 0 radical (unpaired) electrons. The maximum Gasteiger partial charge on any atom is 0.418 e. The number of aromatic nitrogens is 1. The Morgan fingerprint density at radius 2 is 2.14 bits per heavy atom. The molecule has 4 nitrogen and oxygen atoms in total. The Hall–Kier alpha value is -1.60. The number of ether oxygens (including phenoxy) is 1. The average Bonchev–Trinajstić information content (AvgIpc) is 3.04. The number of alkyl halides is 3. The van der Waals surface area contributed by atoms with Gasteiger partial charge in [-0.15, -0.1) is 0 Å². The van der Waals surface area contributed by atoms with E-state index in [1.165, 1.54) is 0 Å². The summed E-state index contributed by atoms with van der Waals surface area (Å²) in [5, 5.41) is 4.79. The summed E-state index contributed by atoms with van der Waals surface area (Å²) < 4.78 is 49.4. The normalized spacial score (nSPS) is 24.0. The Bertz CT molecular complexity index is 640. The van der Waals surface area contributed by atoms with E-state index in [2.05, 4.69) is 5.16 Å². The van der Waals surface area contributed by atoms with Crippen LogP contribution in [0.4, 0.5) is 13.2 Å². The zero-order valence-corrected chi connectivity index (χ0v) is 11.5. The first-order valence-corrected chi connectivity index (χ1v) is 6.63. The van der Waals surface area contributed by atoms with Crippen molar-refractivity contribution in [3.8, 4) is 0 Å². The highest BCUT2D eigenvalue weighted by Crippen LogP contribution is 2.40. The van der Waals surface area contributed by atoms with E-state index in [4.69, 9.17) is 9.26 Å². The van der Waals surface area contributed by atoms with Gasteiger partial charge in [-0.25, -0.2) is 0 Å². The molecular formula is C14H15F3N2O2. The van der Waals surface area contributed by atoms with Gasteiger partial charge >= 0.3 is 6.18 Å². The van der Waals surface area contributed by atoms with Crippen molar-refractivity contribution >= 4 is 11.0 Å². The van der Waals surface area contributed by atoms with E-state index in [0.29, 0.717) is 24.4 Å². The van der Waals surface area contributed by atoms with Gasteiger partial charge in [0.2, 0.25) is 0 Å². The van der Waals surface area contributed by atoms with E-state index in [9.17, 15) is 13.2 Å². The molecule has 0 spiro atoms. The minimum Gasteiger partial charge on any atom is -0.367 e. The monoisotopic (exact) mass is 300 g/mol. The highest BCUT2D eigenvalue weighted by molar-refractivity contribution is 5.79. The van der Waals surface area contributed by atoms with E-state index in [1.54, 1.807) is 11.0 Å². The van der Waals surface area contributed by atoms with Crippen molar-refractivity contribution in [2.75, 3.05) is 20.2 Å². The largest absolute Gasteiger partial charge is 0.418 e. The molecule has 1 saturated heterocycles. The van der Waals surface area contributed by atoms with Crippen LogP contribution >= 0.6 is 0 Å². The Kier molecular flexibility index (Phi) is 3.41. The third-order valence-corrected chi connectivity index (χ3v) is 4.04. The fraction of sp³-hybridized carbons (Fsp3) is 0.500. The van der Waals surface area contributed by atoms with Crippen LogP contribution in [0.1, 0.15) is 12.1 Å². The van der Waals surface area contributed by atoms with Crippen molar-refractivity contribution < 1.29 is 22.4 Å². The first-order chi connectivity index (χ1) is 9.95. The topological polar surface area (TPSA) is 38.5 Å². The number of methoxy groups -OCH3 is 1. The molecule has 3 rings (SSSR count). The summed E-state index contributed by atoms with van der Waals surface area (Å²) in [6.45, 7) is 0.445. The number of benzene rings is 1. The van der Waals surface area contributed by atoms with Crippen LogP contribution in [0.25, 0.3) is 11.0 Å². The van der Waals surface area contributed by atoms with Gasteiger partial charge in [0.25, 0.3) is 0 Å². The summed E-state index contributed by atoms with van der Waals surface area (Å²) in [5.41, 5.74) is -0.785. The highest BCUT2D eigenvalue weighted by Gasteiger charge is 2.58. The highest BCUT2D eigenvalue weighted by atomic mass is 19.4. The number of likely N-dealkylation sites (tertiary alicyclic amines) is 1. The lowest BCUT2D eigenvalue weighted by Crippen LogP contribution is -2.49. The van der Waals surface area contributed by atoms with Gasteiger partial charge < -0.3 is 9.26 Å². The summed E-state index contributed by atoms with van der Waals surface area (Å²) in [6, 6.07) is 7.31. The second-order valence-corrected chi connectivity index (χ2v) is 5.28. The molecule has 1 aliphatic rings. The molecule has 21 heavy (non-hydrogen) atoms. The second-order valence-electron chi connectivity index (χ2n) is 5.28. The van der Waals surface area contributed by atoms with Crippen LogP contribution in [0.3, 0.4) is 0 Å². The molecule has 1 aromatic carbocycles. The van der Waals surface area contributed by atoms with E-state index in [0.717, 1.165) is 12.5 Å². The van der Waals surface area contributed by atoms with Crippen LogP contribution < -0.4 is 0 Å². The lowest BCUT2D eigenvalue weighted by Gasteiger charge is -2.30. The Balaban J connectivity index is 1.78. The number of halogens is 3. The molecule has 2 heterocycles. The van der Waals surface area contributed by atoms with Crippen LogP contribution in [0, 0.1) is 0 Å². The van der Waals surface area contributed by atoms with Gasteiger partial charge in [-0.3, -0.25) is 4.90 Å². The average molecular weight is 300 g/mol. The van der Waals surface area contributed by atoms with Crippen LogP contribution in [0.15, 0.2) is 28.8 Å². The van der Waals surface area contributed by atoms with E-state index in [1.807, 2.05) is 18.2 Å². The number of para-hydroxylation sites is 1. The Morgan fingerprint density at radius 1 is 1.38 bits per heavy atom. The molecule has 0 aliphatic carbocycles. The molecule has 1 unspecified atom stereocenters. The van der Waals surface area contributed by atoms with Crippen molar-refractivity contribution in [3.63, 3.8) is 0 Å². The third kappa shape index (κ3) is 2.40. The van der Waals surface area contributed by atoms with Gasteiger partial charge in [-0.1, -0.05) is 17.3 Å². The Labute approximate surface area is 119 Å². The summed E-state index contributed by atoms with van der Waals surface area (Å²) >= 11 is 0. The number of hydrogen-bond acceptors (Lipinski definition) is 4. The van der Waals surface area contributed by atoms with E-state index < -0.39 is 11.8 Å². The van der Waals surface area contributed by atoms with Crippen LogP contribution in [0.2, 0.25) is 0 Å².